The minimum Gasteiger partial charge on any atom is -0.465 e. The number of rotatable bonds is 5. The van der Waals surface area contributed by atoms with E-state index in [1.165, 1.54) is 25.4 Å². The van der Waals surface area contributed by atoms with Gasteiger partial charge in [-0.2, -0.15) is 18.3 Å². The molecule has 2 aromatic heterocycles. The van der Waals surface area contributed by atoms with E-state index in [0.717, 1.165) is 22.4 Å². The van der Waals surface area contributed by atoms with Crippen LogP contribution in [0, 0.1) is 6.92 Å². The van der Waals surface area contributed by atoms with E-state index in [4.69, 9.17) is 4.74 Å². The van der Waals surface area contributed by atoms with Gasteiger partial charge in [0.1, 0.15) is 11.0 Å². The Morgan fingerprint density at radius 1 is 1.43 bits per heavy atom. The molecule has 152 valence electrons. The number of hydrogen-bond donors (Lipinski definition) is 1. The zero-order chi connectivity index (χ0) is 20.8. The first-order valence-corrected chi connectivity index (χ1v) is 10.00. The molecular formula is C17H17BrF3N3O3S. The number of aromatic nitrogens is 2. The number of hydrogen-bond acceptors (Lipinski definition) is 5. The molecule has 0 saturated heterocycles. The lowest BCUT2D eigenvalue weighted by Crippen LogP contribution is -2.26. The molecule has 0 bridgehead atoms. The second kappa shape index (κ2) is 7.51. The van der Waals surface area contributed by atoms with E-state index in [9.17, 15) is 22.8 Å². The highest BCUT2D eigenvalue weighted by Crippen LogP contribution is 2.47. The molecule has 1 amide bonds. The molecule has 1 aliphatic carbocycles. The summed E-state index contributed by atoms with van der Waals surface area (Å²) in [6.45, 7) is 3.24. The Morgan fingerprint density at radius 3 is 2.61 bits per heavy atom. The summed E-state index contributed by atoms with van der Waals surface area (Å²) in [5.74, 6) is -1.24. The maximum Gasteiger partial charge on any atom is 0.436 e. The van der Waals surface area contributed by atoms with Crippen LogP contribution in [0.3, 0.4) is 0 Å². The molecule has 1 saturated carbocycles. The molecule has 1 aliphatic rings. The number of thiophene rings is 1. The van der Waals surface area contributed by atoms with Gasteiger partial charge in [-0.15, -0.1) is 11.3 Å². The van der Waals surface area contributed by atoms with Crippen molar-refractivity contribution in [2.24, 2.45) is 0 Å². The monoisotopic (exact) mass is 479 g/mol. The fourth-order valence-corrected chi connectivity index (χ4v) is 4.53. The fraction of sp³-hybridized carbons (Fsp3) is 0.471. The van der Waals surface area contributed by atoms with Gasteiger partial charge in [0.2, 0.25) is 5.91 Å². The molecule has 0 aliphatic heterocycles. The number of amides is 1. The lowest BCUT2D eigenvalue weighted by Gasteiger charge is -2.15. The van der Waals surface area contributed by atoms with Gasteiger partial charge in [0.25, 0.3) is 0 Å². The molecule has 3 rings (SSSR count). The Kier molecular flexibility index (Phi) is 5.59. The highest BCUT2D eigenvalue weighted by molar-refractivity contribution is 9.10. The lowest BCUT2D eigenvalue weighted by atomic mass is 10.2. The molecule has 1 N–H and O–H groups in total. The van der Waals surface area contributed by atoms with Crippen LogP contribution in [0.1, 0.15) is 58.3 Å². The topological polar surface area (TPSA) is 73.2 Å². The summed E-state index contributed by atoms with van der Waals surface area (Å²) in [7, 11) is 1.23. The van der Waals surface area contributed by atoms with Gasteiger partial charge in [-0.25, -0.2) is 4.79 Å². The van der Waals surface area contributed by atoms with Crippen molar-refractivity contribution in [3.63, 3.8) is 0 Å². The Morgan fingerprint density at radius 2 is 2.07 bits per heavy atom. The third kappa shape index (κ3) is 3.95. The van der Waals surface area contributed by atoms with E-state index in [0.29, 0.717) is 5.69 Å². The van der Waals surface area contributed by atoms with Crippen molar-refractivity contribution in [2.45, 2.75) is 44.8 Å². The number of carbonyl (C=O) groups excluding carboxylic acids is 2. The highest BCUT2D eigenvalue weighted by atomic mass is 79.9. The van der Waals surface area contributed by atoms with E-state index >= 15 is 0 Å². The Labute approximate surface area is 171 Å². The van der Waals surface area contributed by atoms with E-state index in [2.05, 4.69) is 26.3 Å². The average molecular weight is 480 g/mol. The van der Waals surface area contributed by atoms with Crippen molar-refractivity contribution in [3.8, 4) is 0 Å². The van der Waals surface area contributed by atoms with Gasteiger partial charge in [-0.1, -0.05) is 0 Å². The van der Waals surface area contributed by atoms with E-state index in [1.807, 2.05) is 0 Å². The average Bonchev–Trinajstić information content (AvgIpc) is 3.29. The number of anilines is 1. The van der Waals surface area contributed by atoms with Crippen molar-refractivity contribution < 1.29 is 27.5 Å². The number of aryl methyl sites for hydroxylation is 1. The van der Waals surface area contributed by atoms with Crippen molar-refractivity contribution in [1.82, 2.24) is 9.78 Å². The quantitative estimate of drug-likeness (QED) is 0.619. The summed E-state index contributed by atoms with van der Waals surface area (Å²) in [4.78, 5) is 25.4. The molecule has 1 atom stereocenters. The molecule has 6 nitrogen and oxygen atoms in total. The molecule has 1 unspecified atom stereocenters. The van der Waals surface area contributed by atoms with Gasteiger partial charge in [-0.3, -0.25) is 9.48 Å². The van der Waals surface area contributed by atoms with Crippen molar-refractivity contribution in [3.05, 3.63) is 32.4 Å². The molecule has 0 aromatic carbocycles. The molecule has 0 spiro atoms. The molecule has 2 aromatic rings. The summed E-state index contributed by atoms with van der Waals surface area (Å²) in [5.41, 5.74) is -0.479. The Bertz CT molecular complexity index is 934. The summed E-state index contributed by atoms with van der Waals surface area (Å²) < 4.78 is 45.5. The zero-order valence-electron chi connectivity index (χ0n) is 15.2. The number of nitrogens with one attached hydrogen (secondary N) is 1. The third-order valence-corrected chi connectivity index (χ3v) is 6.11. The highest BCUT2D eigenvalue weighted by Gasteiger charge is 2.43. The van der Waals surface area contributed by atoms with Crippen LogP contribution in [-0.4, -0.2) is 28.8 Å². The van der Waals surface area contributed by atoms with Crippen LogP contribution in [0.2, 0.25) is 0 Å². The van der Waals surface area contributed by atoms with Crippen molar-refractivity contribution in [2.75, 3.05) is 12.4 Å². The SMILES string of the molecule is COC(=O)c1cc(C)sc1NC(=O)C(C)n1nc(C(F)(F)F)c(Br)c1C1CC1. The maximum atomic E-state index is 13.3. The second-order valence-corrected chi connectivity index (χ2v) is 8.57. The van der Waals surface area contributed by atoms with Crippen LogP contribution in [-0.2, 0) is 15.7 Å². The van der Waals surface area contributed by atoms with Crippen LogP contribution >= 0.6 is 27.3 Å². The number of esters is 1. The van der Waals surface area contributed by atoms with Gasteiger partial charge >= 0.3 is 12.1 Å². The number of ether oxygens (including phenoxy) is 1. The minimum absolute atomic E-state index is 0.0668. The normalized spacial score (nSPS) is 15.4. The largest absolute Gasteiger partial charge is 0.465 e. The molecule has 2 heterocycles. The Hall–Kier alpha value is -1.88. The number of nitrogens with zero attached hydrogens (tertiary/aromatic N) is 2. The number of alkyl halides is 3. The van der Waals surface area contributed by atoms with Gasteiger partial charge in [0.05, 0.1) is 22.8 Å². The van der Waals surface area contributed by atoms with Crippen LogP contribution in [0.5, 0.6) is 0 Å². The molecule has 1 fully saturated rings. The standard InChI is InChI=1S/C17H17BrF3N3O3S/c1-7-6-10(16(26)27-3)15(28-7)22-14(25)8(2)24-12(9-4-5-9)11(18)13(23-24)17(19,20)21/h6,8-9H,4-5H2,1-3H3,(H,22,25). The first-order chi connectivity index (χ1) is 13.0. The van der Waals surface area contributed by atoms with Crippen LogP contribution in [0.4, 0.5) is 18.2 Å². The summed E-state index contributed by atoms with van der Waals surface area (Å²) in [6.07, 6.45) is -3.15. The van der Waals surface area contributed by atoms with Crippen LogP contribution in [0.15, 0.2) is 10.5 Å². The van der Waals surface area contributed by atoms with E-state index in [-0.39, 0.29) is 21.0 Å². The predicted octanol–water partition coefficient (Wildman–Crippen LogP) is 4.90. The van der Waals surface area contributed by atoms with E-state index < -0.39 is 29.8 Å². The molecule has 11 heteroatoms. The number of halogens is 4. The first-order valence-electron chi connectivity index (χ1n) is 8.39. The van der Waals surface area contributed by atoms with E-state index in [1.54, 1.807) is 13.0 Å². The lowest BCUT2D eigenvalue weighted by molar-refractivity contribution is -0.142. The summed E-state index contributed by atoms with van der Waals surface area (Å²) in [6, 6.07) is 0.578. The van der Waals surface area contributed by atoms with Crippen LogP contribution < -0.4 is 5.32 Å². The van der Waals surface area contributed by atoms with Gasteiger partial charge in [0.15, 0.2) is 5.69 Å². The summed E-state index contributed by atoms with van der Waals surface area (Å²) >= 11 is 4.19. The van der Waals surface area contributed by atoms with Crippen LogP contribution in [0.25, 0.3) is 0 Å². The maximum absolute atomic E-state index is 13.3. The predicted molar refractivity (Wildman–Crippen MR) is 101 cm³/mol. The molecule has 28 heavy (non-hydrogen) atoms. The van der Waals surface area contributed by atoms with Gasteiger partial charge in [0, 0.05) is 10.8 Å². The van der Waals surface area contributed by atoms with Gasteiger partial charge < -0.3 is 10.1 Å². The first kappa shape index (κ1) is 20.8. The third-order valence-electron chi connectivity index (χ3n) is 4.36. The van der Waals surface area contributed by atoms with Crippen molar-refractivity contribution >= 4 is 44.1 Å². The number of carbonyl (C=O) groups is 2. The molecular weight excluding hydrogens is 463 g/mol. The van der Waals surface area contributed by atoms with Crippen molar-refractivity contribution in [1.29, 1.82) is 0 Å². The summed E-state index contributed by atoms with van der Waals surface area (Å²) in [5, 5.41) is 6.59. The number of methoxy groups -OCH3 is 1. The van der Waals surface area contributed by atoms with Gasteiger partial charge in [-0.05, 0) is 48.7 Å². The Balaban J connectivity index is 1.92. The zero-order valence-corrected chi connectivity index (χ0v) is 17.6. The smallest absolute Gasteiger partial charge is 0.436 e. The fourth-order valence-electron chi connectivity index (χ4n) is 2.82. The minimum atomic E-state index is -4.63. The second-order valence-electron chi connectivity index (χ2n) is 6.52. The molecule has 0 radical (unpaired) electrons.